The molecular formula is C22H22N2O2. The monoisotopic (exact) mass is 346 g/mol. The second-order valence-corrected chi connectivity index (χ2v) is 6.30. The van der Waals surface area contributed by atoms with Gasteiger partial charge in [0, 0.05) is 18.0 Å². The molecule has 1 amide bonds. The molecule has 0 saturated heterocycles. The van der Waals surface area contributed by atoms with E-state index in [9.17, 15) is 4.79 Å². The summed E-state index contributed by atoms with van der Waals surface area (Å²) in [5, 5.41) is 3.03. The number of methoxy groups -OCH3 is 1. The second-order valence-electron chi connectivity index (χ2n) is 6.30. The summed E-state index contributed by atoms with van der Waals surface area (Å²) in [6.07, 6.45) is 3.33. The van der Waals surface area contributed by atoms with Crippen LogP contribution in [0.5, 0.6) is 5.75 Å². The van der Waals surface area contributed by atoms with Crippen LogP contribution in [-0.4, -0.2) is 18.0 Å². The lowest BCUT2D eigenvalue weighted by molar-refractivity contribution is 0.0939. The maximum absolute atomic E-state index is 12.6. The van der Waals surface area contributed by atoms with Gasteiger partial charge in [0.05, 0.1) is 18.7 Å². The summed E-state index contributed by atoms with van der Waals surface area (Å²) in [4.78, 5) is 16.9. The first-order valence-electron chi connectivity index (χ1n) is 8.54. The van der Waals surface area contributed by atoms with Crippen LogP contribution < -0.4 is 10.1 Å². The molecule has 132 valence electrons. The number of nitrogens with zero attached hydrogens (tertiary/aromatic N) is 1. The molecule has 0 saturated carbocycles. The Kier molecular flexibility index (Phi) is 5.32. The lowest BCUT2D eigenvalue weighted by Gasteiger charge is -2.15. The third-order valence-corrected chi connectivity index (χ3v) is 4.33. The summed E-state index contributed by atoms with van der Waals surface area (Å²) in [6, 6.07) is 17.6. The number of pyridine rings is 1. The van der Waals surface area contributed by atoms with E-state index in [1.807, 2.05) is 68.4 Å². The number of ether oxygens (including phenoxy) is 1. The van der Waals surface area contributed by atoms with Crippen molar-refractivity contribution in [2.75, 3.05) is 7.11 Å². The summed E-state index contributed by atoms with van der Waals surface area (Å²) in [6.45, 7) is 4.02. The summed E-state index contributed by atoms with van der Waals surface area (Å²) < 4.78 is 5.26. The number of carbonyl (C=O) groups is 1. The Morgan fingerprint density at radius 1 is 1.04 bits per heavy atom. The molecule has 4 nitrogen and oxygen atoms in total. The van der Waals surface area contributed by atoms with Crippen LogP contribution in [0, 0.1) is 6.92 Å². The molecule has 1 atom stereocenters. The molecule has 0 aliphatic heterocycles. The van der Waals surface area contributed by atoms with E-state index < -0.39 is 0 Å². The number of rotatable bonds is 5. The first kappa shape index (κ1) is 17.7. The standard InChI is InChI=1S/C22H22N2O2/c1-15-7-9-17(10-8-15)16(2)24-22(25)20-11-19(13-23-14-20)18-5-4-6-21(12-18)26-3/h4-14,16H,1-3H3,(H,24,25)/t16-/m0/s1. The zero-order valence-corrected chi connectivity index (χ0v) is 15.2. The molecule has 0 radical (unpaired) electrons. The van der Waals surface area contributed by atoms with Gasteiger partial charge in [-0.25, -0.2) is 0 Å². The fourth-order valence-corrected chi connectivity index (χ4v) is 2.74. The Bertz CT molecular complexity index is 904. The molecule has 1 aromatic heterocycles. The lowest BCUT2D eigenvalue weighted by Crippen LogP contribution is -2.26. The fraction of sp³-hybridized carbons (Fsp3) is 0.182. The first-order valence-corrected chi connectivity index (χ1v) is 8.54. The summed E-state index contributed by atoms with van der Waals surface area (Å²) >= 11 is 0. The SMILES string of the molecule is COc1cccc(-c2cncc(C(=O)N[C@@H](C)c3ccc(C)cc3)c2)c1. The van der Waals surface area contributed by atoms with Crippen molar-refractivity contribution >= 4 is 5.91 Å². The van der Waals surface area contributed by atoms with Gasteiger partial charge in [-0.15, -0.1) is 0 Å². The lowest BCUT2D eigenvalue weighted by atomic mass is 10.0. The molecule has 0 spiro atoms. The van der Waals surface area contributed by atoms with Gasteiger partial charge in [0.1, 0.15) is 5.75 Å². The molecule has 1 heterocycles. The van der Waals surface area contributed by atoms with Gasteiger partial charge in [-0.1, -0.05) is 42.0 Å². The smallest absolute Gasteiger partial charge is 0.253 e. The molecule has 4 heteroatoms. The number of aromatic nitrogens is 1. The minimum Gasteiger partial charge on any atom is -0.497 e. The van der Waals surface area contributed by atoms with Crippen LogP contribution in [-0.2, 0) is 0 Å². The van der Waals surface area contributed by atoms with Gasteiger partial charge in [-0.05, 0) is 43.2 Å². The van der Waals surface area contributed by atoms with E-state index in [4.69, 9.17) is 4.74 Å². The summed E-state index contributed by atoms with van der Waals surface area (Å²) in [5.74, 6) is 0.626. The van der Waals surface area contributed by atoms with Crippen molar-refractivity contribution in [1.82, 2.24) is 10.3 Å². The summed E-state index contributed by atoms with van der Waals surface area (Å²) in [7, 11) is 1.63. The highest BCUT2D eigenvalue weighted by atomic mass is 16.5. The molecule has 1 N–H and O–H groups in total. The molecule has 3 rings (SSSR count). The van der Waals surface area contributed by atoms with E-state index in [0.29, 0.717) is 5.56 Å². The molecule has 0 bridgehead atoms. The topological polar surface area (TPSA) is 51.2 Å². The van der Waals surface area contributed by atoms with E-state index in [1.165, 1.54) is 5.56 Å². The third-order valence-electron chi connectivity index (χ3n) is 4.33. The van der Waals surface area contributed by atoms with Crippen molar-refractivity contribution < 1.29 is 9.53 Å². The van der Waals surface area contributed by atoms with Gasteiger partial charge in [0.25, 0.3) is 5.91 Å². The minimum absolute atomic E-state index is 0.0800. The van der Waals surface area contributed by atoms with Crippen molar-refractivity contribution in [3.05, 3.63) is 83.7 Å². The normalized spacial score (nSPS) is 11.7. The maximum Gasteiger partial charge on any atom is 0.253 e. The van der Waals surface area contributed by atoms with Gasteiger partial charge in [-0.3, -0.25) is 9.78 Å². The molecule has 0 aliphatic carbocycles. The van der Waals surface area contributed by atoms with Crippen LogP contribution >= 0.6 is 0 Å². The average molecular weight is 346 g/mol. The van der Waals surface area contributed by atoms with Crippen LogP contribution in [0.15, 0.2) is 67.0 Å². The minimum atomic E-state index is -0.143. The van der Waals surface area contributed by atoms with E-state index in [0.717, 1.165) is 22.4 Å². The van der Waals surface area contributed by atoms with Crippen LogP contribution in [0.4, 0.5) is 0 Å². The Morgan fingerprint density at radius 2 is 1.81 bits per heavy atom. The van der Waals surface area contributed by atoms with Crippen LogP contribution in [0.25, 0.3) is 11.1 Å². The Morgan fingerprint density at radius 3 is 2.54 bits per heavy atom. The fourth-order valence-electron chi connectivity index (χ4n) is 2.74. The maximum atomic E-state index is 12.6. The first-order chi connectivity index (χ1) is 12.6. The molecule has 0 unspecified atom stereocenters. The predicted octanol–water partition coefficient (Wildman–Crippen LogP) is 4.56. The van der Waals surface area contributed by atoms with Gasteiger partial charge < -0.3 is 10.1 Å². The molecular weight excluding hydrogens is 324 g/mol. The van der Waals surface area contributed by atoms with Gasteiger partial charge in [0.15, 0.2) is 0 Å². The molecule has 0 aliphatic rings. The van der Waals surface area contributed by atoms with Crippen molar-refractivity contribution in [2.45, 2.75) is 19.9 Å². The van der Waals surface area contributed by atoms with Crippen molar-refractivity contribution in [3.8, 4) is 16.9 Å². The van der Waals surface area contributed by atoms with E-state index in [1.54, 1.807) is 19.5 Å². The van der Waals surface area contributed by atoms with E-state index in [2.05, 4.69) is 10.3 Å². The zero-order chi connectivity index (χ0) is 18.5. The highest BCUT2D eigenvalue weighted by molar-refractivity contribution is 5.95. The Hall–Kier alpha value is -3.14. The summed E-state index contributed by atoms with van der Waals surface area (Å²) in [5.41, 5.74) is 4.63. The highest BCUT2D eigenvalue weighted by Crippen LogP contribution is 2.24. The van der Waals surface area contributed by atoms with Crippen molar-refractivity contribution in [3.63, 3.8) is 0 Å². The van der Waals surface area contributed by atoms with Gasteiger partial charge in [-0.2, -0.15) is 0 Å². The van der Waals surface area contributed by atoms with Gasteiger partial charge in [0.2, 0.25) is 0 Å². The number of carbonyl (C=O) groups excluding carboxylic acids is 1. The predicted molar refractivity (Wildman–Crippen MR) is 103 cm³/mol. The largest absolute Gasteiger partial charge is 0.497 e. The Labute approximate surface area is 153 Å². The molecule has 0 fully saturated rings. The zero-order valence-electron chi connectivity index (χ0n) is 15.2. The van der Waals surface area contributed by atoms with E-state index >= 15 is 0 Å². The number of amides is 1. The van der Waals surface area contributed by atoms with Gasteiger partial charge >= 0.3 is 0 Å². The number of benzene rings is 2. The molecule has 2 aromatic carbocycles. The van der Waals surface area contributed by atoms with Crippen molar-refractivity contribution in [1.29, 1.82) is 0 Å². The van der Waals surface area contributed by atoms with Crippen LogP contribution in [0.2, 0.25) is 0 Å². The quantitative estimate of drug-likeness (QED) is 0.737. The van der Waals surface area contributed by atoms with Crippen molar-refractivity contribution in [2.24, 2.45) is 0 Å². The molecule has 26 heavy (non-hydrogen) atoms. The van der Waals surface area contributed by atoms with Crippen LogP contribution in [0.3, 0.4) is 0 Å². The van der Waals surface area contributed by atoms with Crippen LogP contribution in [0.1, 0.15) is 34.5 Å². The Balaban J connectivity index is 1.78. The number of hydrogen-bond donors (Lipinski definition) is 1. The third kappa shape index (κ3) is 4.09. The van der Waals surface area contributed by atoms with E-state index in [-0.39, 0.29) is 11.9 Å². The average Bonchev–Trinajstić information content (AvgIpc) is 2.68. The number of nitrogens with one attached hydrogen (secondary N) is 1. The molecule has 3 aromatic rings. The number of aryl methyl sites for hydroxylation is 1. The second kappa shape index (κ2) is 7.83. The highest BCUT2D eigenvalue weighted by Gasteiger charge is 2.13. The number of hydrogen-bond acceptors (Lipinski definition) is 3.